The average Bonchev–Trinajstić information content (AvgIpc) is 3.04. The van der Waals surface area contributed by atoms with Crippen molar-refractivity contribution < 1.29 is 18.7 Å². The van der Waals surface area contributed by atoms with E-state index in [4.69, 9.17) is 9.47 Å². The second kappa shape index (κ2) is 8.64. The van der Waals surface area contributed by atoms with E-state index in [2.05, 4.69) is 36.2 Å². The highest BCUT2D eigenvalue weighted by atomic mass is 19.1. The molecule has 0 radical (unpaired) electrons. The van der Waals surface area contributed by atoms with Gasteiger partial charge >= 0.3 is 6.09 Å². The fourth-order valence-electron chi connectivity index (χ4n) is 5.79. The normalized spacial score (nSPS) is 27.2. The van der Waals surface area contributed by atoms with Crippen LogP contribution in [0.4, 0.5) is 9.18 Å². The van der Waals surface area contributed by atoms with Crippen LogP contribution in [0, 0.1) is 17.2 Å². The van der Waals surface area contributed by atoms with Crippen molar-refractivity contribution >= 4 is 6.09 Å². The number of amides is 1. The third-order valence-electron chi connectivity index (χ3n) is 7.56. The van der Waals surface area contributed by atoms with Gasteiger partial charge in [0.15, 0.2) is 11.6 Å². The van der Waals surface area contributed by atoms with Crippen LogP contribution < -0.4 is 10.1 Å². The first-order valence-corrected chi connectivity index (χ1v) is 12.1. The van der Waals surface area contributed by atoms with E-state index >= 15 is 0 Å². The van der Waals surface area contributed by atoms with Gasteiger partial charge in [-0.2, -0.15) is 0 Å². The van der Waals surface area contributed by atoms with Crippen LogP contribution in [0.15, 0.2) is 36.4 Å². The zero-order chi connectivity index (χ0) is 23.2. The molecule has 176 valence electrons. The first kappa shape index (κ1) is 22.2. The molecular weight excluding hydrogens is 419 g/mol. The van der Waals surface area contributed by atoms with Gasteiger partial charge in [0.05, 0.1) is 12.6 Å². The molecule has 6 rings (SSSR count). The summed E-state index contributed by atoms with van der Waals surface area (Å²) in [6.07, 6.45) is 2.74. The highest BCUT2D eigenvalue weighted by Crippen LogP contribution is 2.46. The predicted molar refractivity (Wildman–Crippen MR) is 126 cm³/mol. The fraction of sp³-hybridized carbons (Fsp3) is 0.519. The predicted octanol–water partition coefficient (Wildman–Crippen LogP) is 5.34. The largest absolute Gasteiger partial charge is 0.491 e. The molecule has 2 aromatic carbocycles. The Balaban J connectivity index is 1.32. The van der Waals surface area contributed by atoms with Crippen LogP contribution >= 0.6 is 0 Å². The molecule has 3 heterocycles. The van der Waals surface area contributed by atoms with E-state index in [1.165, 1.54) is 11.6 Å². The molecule has 3 saturated heterocycles. The zero-order valence-electron chi connectivity index (χ0n) is 19.7. The van der Waals surface area contributed by atoms with E-state index in [1.54, 1.807) is 6.07 Å². The van der Waals surface area contributed by atoms with E-state index in [9.17, 15) is 9.18 Å². The van der Waals surface area contributed by atoms with Crippen LogP contribution in [0.3, 0.4) is 0 Å². The highest BCUT2D eigenvalue weighted by molar-refractivity contribution is 5.70. The second-order valence-corrected chi connectivity index (χ2v) is 10.3. The van der Waals surface area contributed by atoms with Crippen molar-refractivity contribution in [2.45, 2.75) is 52.2 Å². The number of benzene rings is 2. The molecule has 1 aliphatic carbocycles. The Morgan fingerprint density at radius 2 is 1.88 bits per heavy atom. The number of hydrogen-bond donors (Lipinski definition) is 1. The number of fused-ring (bicyclic) bond motifs is 4. The number of rotatable bonds is 5. The maximum absolute atomic E-state index is 14.4. The van der Waals surface area contributed by atoms with E-state index < -0.39 is 0 Å². The molecule has 5 nitrogen and oxygen atoms in total. The van der Waals surface area contributed by atoms with Crippen LogP contribution in [0.25, 0.3) is 11.1 Å². The molecule has 2 atom stereocenters. The lowest BCUT2D eigenvalue weighted by molar-refractivity contribution is -0.0348. The molecule has 1 N–H and O–H groups in total. The summed E-state index contributed by atoms with van der Waals surface area (Å²) < 4.78 is 25.6. The molecule has 0 saturated carbocycles. The molecule has 0 spiro atoms. The number of nitrogens with zero attached hydrogens (tertiary/aromatic N) is 1. The van der Waals surface area contributed by atoms with E-state index in [-0.39, 0.29) is 35.2 Å². The first-order chi connectivity index (χ1) is 15.8. The molecule has 2 bridgehead atoms. The zero-order valence-corrected chi connectivity index (χ0v) is 19.7. The number of hydrogen-bond acceptors (Lipinski definition) is 4. The number of piperidine rings is 3. The van der Waals surface area contributed by atoms with Crippen molar-refractivity contribution in [2.24, 2.45) is 11.3 Å². The minimum Gasteiger partial charge on any atom is -0.491 e. The van der Waals surface area contributed by atoms with Gasteiger partial charge in [-0.1, -0.05) is 38.1 Å². The summed E-state index contributed by atoms with van der Waals surface area (Å²) in [5.74, 6) is 0.404. The van der Waals surface area contributed by atoms with E-state index in [0.717, 1.165) is 55.6 Å². The maximum atomic E-state index is 14.4. The lowest BCUT2D eigenvalue weighted by atomic mass is 9.85. The Bertz CT molecular complexity index is 1050. The fourth-order valence-corrected chi connectivity index (χ4v) is 5.79. The summed E-state index contributed by atoms with van der Waals surface area (Å²) in [6.45, 7) is 9.70. The topological polar surface area (TPSA) is 50.8 Å². The number of halogens is 1. The molecule has 3 aliphatic heterocycles. The summed E-state index contributed by atoms with van der Waals surface area (Å²) in [4.78, 5) is 15.2. The van der Waals surface area contributed by atoms with Crippen molar-refractivity contribution in [1.29, 1.82) is 0 Å². The monoisotopic (exact) mass is 452 g/mol. The SMILES string of the molecule is CCOc1ccc(-c2ccc3c(c2)CC(C)(C)C3NC(=O)O[C@H]2CN3CCC2CC3)cc1F. The van der Waals surface area contributed by atoms with Gasteiger partial charge in [0.25, 0.3) is 0 Å². The number of ether oxygens (including phenoxy) is 2. The quantitative estimate of drug-likeness (QED) is 0.666. The van der Waals surface area contributed by atoms with Gasteiger partial charge in [-0.25, -0.2) is 9.18 Å². The van der Waals surface area contributed by atoms with Crippen molar-refractivity contribution in [3.8, 4) is 16.9 Å². The van der Waals surface area contributed by atoms with E-state index in [1.807, 2.05) is 19.1 Å². The molecule has 2 aromatic rings. The lowest BCUT2D eigenvalue weighted by Gasteiger charge is -2.44. The Hall–Kier alpha value is -2.60. The molecule has 6 heteroatoms. The third kappa shape index (κ3) is 4.33. The van der Waals surface area contributed by atoms with Crippen LogP contribution in [0.5, 0.6) is 5.75 Å². The van der Waals surface area contributed by atoms with Gasteiger partial charge in [-0.15, -0.1) is 0 Å². The Labute approximate surface area is 195 Å². The van der Waals surface area contributed by atoms with Crippen molar-refractivity contribution in [2.75, 3.05) is 26.2 Å². The van der Waals surface area contributed by atoms with Gasteiger partial charge in [-0.3, -0.25) is 4.90 Å². The van der Waals surface area contributed by atoms with Gasteiger partial charge in [0.2, 0.25) is 0 Å². The number of alkyl carbamates (subject to hydrolysis) is 1. The Morgan fingerprint density at radius 1 is 1.15 bits per heavy atom. The first-order valence-electron chi connectivity index (χ1n) is 12.1. The highest BCUT2D eigenvalue weighted by Gasteiger charge is 2.42. The Morgan fingerprint density at radius 3 is 2.55 bits per heavy atom. The van der Waals surface area contributed by atoms with Crippen LogP contribution in [-0.4, -0.2) is 43.3 Å². The summed E-state index contributed by atoms with van der Waals surface area (Å²) >= 11 is 0. The standard InChI is InChI=1S/C27H33FN2O3/c1-4-32-23-8-6-19(14-22(23)28)18-5-7-21-20(13-18)15-27(2,3)25(21)29-26(31)33-24-16-30-11-9-17(24)10-12-30/h5-8,13-14,17,24-25H,4,9-12,15-16H2,1-3H3,(H,29,31)/t24-,25?/m0/s1. The van der Waals surface area contributed by atoms with E-state index in [0.29, 0.717) is 12.5 Å². The molecule has 3 fully saturated rings. The minimum absolute atomic E-state index is 0.00609. The van der Waals surface area contributed by atoms with Gasteiger partial charge in [-0.05, 0) is 85.0 Å². The van der Waals surface area contributed by atoms with Crippen LogP contribution in [-0.2, 0) is 11.2 Å². The summed E-state index contributed by atoms with van der Waals surface area (Å²) in [5, 5.41) is 3.17. The van der Waals surface area contributed by atoms with Crippen molar-refractivity contribution in [3.63, 3.8) is 0 Å². The third-order valence-corrected chi connectivity index (χ3v) is 7.56. The second-order valence-electron chi connectivity index (χ2n) is 10.3. The van der Waals surface area contributed by atoms with Crippen molar-refractivity contribution in [1.82, 2.24) is 10.2 Å². The summed E-state index contributed by atoms with van der Waals surface area (Å²) in [5.41, 5.74) is 3.93. The maximum Gasteiger partial charge on any atom is 0.407 e. The van der Waals surface area contributed by atoms with Crippen LogP contribution in [0.2, 0.25) is 0 Å². The Kier molecular flexibility index (Phi) is 5.81. The summed E-state index contributed by atoms with van der Waals surface area (Å²) in [6, 6.07) is 11.2. The van der Waals surface area contributed by atoms with Gasteiger partial charge in [0, 0.05) is 6.54 Å². The lowest BCUT2D eigenvalue weighted by Crippen LogP contribution is -2.53. The minimum atomic E-state index is -0.356. The number of carbonyl (C=O) groups excluding carboxylic acids is 1. The molecule has 1 amide bonds. The molecular formula is C27H33FN2O3. The number of nitrogens with one attached hydrogen (secondary N) is 1. The molecule has 1 unspecified atom stereocenters. The molecule has 33 heavy (non-hydrogen) atoms. The number of carbonyl (C=O) groups is 1. The van der Waals surface area contributed by atoms with Crippen LogP contribution in [0.1, 0.15) is 50.8 Å². The molecule has 4 aliphatic rings. The summed E-state index contributed by atoms with van der Waals surface area (Å²) in [7, 11) is 0. The van der Waals surface area contributed by atoms with Crippen molar-refractivity contribution in [3.05, 3.63) is 53.3 Å². The van der Waals surface area contributed by atoms with Gasteiger partial charge < -0.3 is 14.8 Å². The average molecular weight is 453 g/mol. The van der Waals surface area contributed by atoms with Gasteiger partial charge in [0.1, 0.15) is 6.10 Å². The molecule has 0 aromatic heterocycles. The smallest absolute Gasteiger partial charge is 0.407 e.